The van der Waals surface area contributed by atoms with E-state index < -0.39 is 10.0 Å². The van der Waals surface area contributed by atoms with Gasteiger partial charge in [-0.1, -0.05) is 31.9 Å². The third-order valence-electron chi connectivity index (χ3n) is 3.94. The fourth-order valence-corrected chi connectivity index (χ4v) is 3.75. The van der Waals surface area contributed by atoms with Crippen LogP contribution >= 0.6 is 0 Å². The topological polar surface area (TPSA) is 49.4 Å². The van der Waals surface area contributed by atoms with Crippen molar-refractivity contribution < 1.29 is 8.42 Å². The summed E-state index contributed by atoms with van der Waals surface area (Å²) in [5.74, 6) is 0. The molecule has 0 aromatic heterocycles. The summed E-state index contributed by atoms with van der Waals surface area (Å²) in [5, 5.41) is 0. The molecule has 1 N–H and O–H groups in total. The van der Waals surface area contributed by atoms with E-state index in [0.29, 0.717) is 11.4 Å². The highest BCUT2D eigenvalue weighted by molar-refractivity contribution is 7.89. The molecule has 0 atom stereocenters. The maximum Gasteiger partial charge on any atom is 0.240 e. The second-order valence-electron chi connectivity index (χ2n) is 5.69. The Labute approximate surface area is 128 Å². The molecule has 1 fully saturated rings. The van der Waals surface area contributed by atoms with Crippen molar-refractivity contribution in [1.29, 1.82) is 0 Å². The van der Waals surface area contributed by atoms with Crippen molar-refractivity contribution in [1.82, 2.24) is 9.62 Å². The van der Waals surface area contributed by atoms with Crippen molar-refractivity contribution in [2.45, 2.75) is 43.9 Å². The van der Waals surface area contributed by atoms with E-state index in [9.17, 15) is 8.42 Å². The van der Waals surface area contributed by atoms with Crippen LogP contribution in [0.5, 0.6) is 0 Å². The molecule has 1 aromatic carbocycles. The molecule has 1 aromatic rings. The summed E-state index contributed by atoms with van der Waals surface area (Å²) in [7, 11) is -3.37. The Bertz CT molecular complexity index is 520. The van der Waals surface area contributed by atoms with Gasteiger partial charge >= 0.3 is 0 Å². The quantitative estimate of drug-likeness (QED) is 0.841. The first-order chi connectivity index (χ1) is 10.1. The Kier molecular flexibility index (Phi) is 6.21. The summed E-state index contributed by atoms with van der Waals surface area (Å²) in [6.45, 7) is 5.58. The number of hydrogen-bond acceptors (Lipinski definition) is 3. The van der Waals surface area contributed by atoms with E-state index in [1.165, 1.54) is 24.8 Å². The van der Waals surface area contributed by atoms with Gasteiger partial charge in [0.05, 0.1) is 4.90 Å². The van der Waals surface area contributed by atoms with Crippen LogP contribution in [0.3, 0.4) is 0 Å². The molecular weight excluding hydrogens is 284 g/mol. The zero-order valence-electron chi connectivity index (χ0n) is 12.8. The van der Waals surface area contributed by atoms with Gasteiger partial charge in [0.15, 0.2) is 0 Å². The number of nitrogens with one attached hydrogen (secondary N) is 1. The summed E-state index contributed by atoms with van der Waals surface area (Å²) in [6, 6.07) is 7.22. The zero-order chi connectivity index (χ0) is 15.1. The predicted octanol–water partition coefficient (Wildman–Crippen LogP) is 2.40. The Hall–Kier alpha value is -0.910. The number of rotatable bonds is 7. The highest BCUT2D eigenvalue weighted by Gasteiger charge is 2.15. The average molecular weight is 310 g/mol. The van der Waals surface area contributed by atoms with E-state index in [0.717, 1.165) is 32.5 Å². The molecule has 0 aliphatic carbocycles. The van der Waals surface area contributed by atoms with Gasteiger partial charge in [-0.05, 0) is 50.0 Å². The van der Waals surface area contributed by atoms with E-state index >= 15 is 0 Å². The number of likely N-dealkylation sites (tertiary alicyclic amines) is 1. The fourth-order valence-electron chi connectivity index (χ4n) is 2.73. The Morgan fingerprint density at radius 1 is 1.10 bits per heavy atom. The van der Waals surface area contributed by atoms with Crippen molar-refractivity contribution >= 4 is 10.0 Å². The van der Waals surface area contributed by atoms with Gasteiger partial charge in [-0.3, -0.25) is 0 Å². The molecule has 0 saturated carbocycles. The average Bonchev–Trinajstić information content (AvgIpc) is 2.49. The van der Waals surface area contributed by atoms with Crippen LogP contribution < -0.4 is 4.72 Å². The standard InChI is InChI=1S/C16H26N2O2S/c1-2-6-15-7-9-16(10-8-15)21(19,20)17-11-14-18-12-4-3-5-13-18/h7-10,17H,2-6,11-14H2,1H3. The zero-order valence-corrected chi connectivity index (χ0v) is 13.7. The van der Waals surface area contributed by atoms with Crippen LogP contribution in [0.2, 0.25) is 0 Å². The Morgan fingerprint density at radius 2 is 1.76 bits per heavy atom. The molecule has 4 nitrogen and oxygen atoms in total. The second-order valence-corrected chi connectivity index (χ2v) is 7.46. The van der Waals surface area contributed by atoms with Crippen LogP contribution in [0.15, 0.2) is 29.2 Å². The van der Waals surface area contributed by atoms with E-state index in [1.54, 1.807) is 12.1 Å². The van der Waals surface area contributed by atoms with Gasteiger partial charge < -0.3 is 4.90 Å². The first-order valence-electron chi connectivity index (χ1n) is 7.93. The third kappa shape index (κ3) is 5.09. The molecule has 1 saturated heterocycles. The number of aryl methyl sites for hydroxylation is 1. The first kappa shape index (κ1) is 16.5. The van der Waals surface area contributed by atoms with Gasteiger partial charge in [-0.15, -0.1) is 0 Å². The Balaban J connectivity index is 1.85. The Morgan fingerprint density at radius 3 is 2.38 bits per heavy atom. The molecule has 5 heteroatoms. The lowest BCUT2D eigenvalue weighted by atomic mass is 10.1. The molecule has 0 bridgehead atoms. The van der Waals surface area contributed by atoms with E-state index in [2.05, 4.69) is 16.5 Å². The molecule has 0 unspecified atom stereocenters. The van der Waals surface area contributed by atoms with Gasteiger partial charge in [0.2, 0.25) is 10.0 Å². The molecule has 0 radical (unpaired) electrons. The maximum atomic E-state index is 12.2. The van der Waals surface area contributed by atoms with E-state index in [4.69, 9.17) is 0 Å². The lowest BCUT2D eigenvalue weighted by Crippen LogP contribution is -2.37. The monoisotopic (exact) mass is 310 g/mol. The lowest BCUT2D eigenvalue weighted by Gasteiger charge is -2.26. The SMILES string of the molecule is CCCc1ccc(S(=O)(=O)NCCN2CCCCC2)cc1. The fraction of sp³-hybridized carbons (Fsp3) is 0.625. The predicted molar refractivity (Wildman–Crippen MR) is 85.9 cm³/mol. The van der Waals surface area contributed by atoms with Crippen LogP contribution in [-0.2, 0) is 16.4 Å². The summed E-state index contributed by atoms with van der Waals surface area (Å²) in [6.07, 6.45) is 5.81. The lowest BCUT2D eigenvalue weighted by molar-refractivity contribution is 0.233. The maximum absolute atomic E-state index is 12.2. The third-order valence-corrected chi connectivity index (χ3v) is 5.42. The van der Waals surface area contributed by atoms with Crippen molar-refractivity contribution in [3.05, 3.63) is 29.8 Å². The molecule has 0 amide bonds. The largest absolute Gasteiger partial charge is 0.302 e. The van der Waals surface area contributed by atoms with E-state index in [1.807, 2.05) is 12.1 Å². The van der Waals surface area contributed by atoms with Crippen LogP contribution in [-0.4, -0.2) is 39.5 Å². The van der Waals surface area contributed by atoms with Crippen molar-refractivity contribution in [2.24, 2.45) is 0 Å². The molecule has 0 spiro atoms. The summed E-state index contributed by atoms with van der Waals surface area (Å²) in [4.78, 5) is 2.69. The number of hydrogen-bond donors (Lipinski definition) is 1. The minimum Gasteiger partial charge on any atom is -0.302 e. The van der Waals surface area contributed by atoms with Gasteiger partial charge in [-0.2, -0.15) is 0 Å². The molecule has 2 rings (SSSR count). The van der Waals surface area contributed by atoms with Crippen molar-refractivity contribution in [2.75, 3.05) is 26.2 Å². The van der Waals surface area contributed by atoms with Gasteiger partial charge in [0, 0.05) is 13.1 Å². The number of piperidine rings is 1. The summed E-state index contributed by atoms with van der Waals surface area (Å²) in [5.41, 5.74) is 1.18. The number of nitrogens with zero attached hydrogens (tertiary/aromatic N) is 1. The van der Waals surface area contributed by atoms with E-state index in [-0.39, 0.29) is 0 Å². The summed E-state index contributed by atoms with van der Waals surface area (Å²) < 4.78 is 27.1. The number of sulfonamides is 1. The molecule has 1 aliphatic heterocycles. The van der Waals surface area contributed by atoms with Crippen molar-refractivity contribution in [3.63, 3.8) is 0 Å². The second kappa shape index (κ2) is 7.92. The van der Waals surface area contributed by atoms with Gasteiger partial charge in [-0.25, -0.2) is 13.1 Å². The van der Waals surface area contributed by atoms with Crippen LogP contribution in [0, 0.1) is 0 Å². The van der Waals surface area contributed by atoms with Crippen molar-refractivity contribution in [3.8, 4) is 0 Å². The summed E-state index contributed by atoms with van der Waals surface area (Å²) >= 11 is 0. The van der Waals surface area contributed by atoms with Crippen LogP contribution in [0.4, 0.5) is 0 Å². The highest BCUT2D eigenvalue weighted by Crippen LogP contribution is 2.12. The molecule has 1 heterocycles. The molecular formula is C16H26N2O2S. The van der Waals surface area contributed by atoms with Gasteiger partial charge in [0.25, 0.3) is 0 Å². The molecule has 1 aliphatic rings. The number of benzene rings is 1. The smallest absolute Gasteiger partial charge is 0.240 e. The highest BCUT2D eigenvalue weighted by atomic mass is 32.2. The first-order valence-corrected chi connectivity index (χ1v) is 9.41. The van der Waals surface area contributed by atoms with Crippen LogP contribution in [0.25, 0.3) is 0 Å². The van der Waals surface area contributed by atoms with Crippen LogP contribution in [0.1, 0.15) is 38.2 Å². The van der Waals surface area contributed by atoms with Gasteiger partial charge in [0.1, 0.15) is 0 Å². The molecule has 21 heavy (non-hydrogen) atoms. The minimum atomic E-state index is -3.37. The minimum absolute atomic E-state index is 0.362. The molecule has 118 valence electrons. The normalized spacial score (nSPS) is 17.0.